The quantitative estimate of drug-likeness (QED) is 0.605. The maximum atomic E-state index is 11.9. The Bertz CT molecular complexity index is 570. The highest BCUT2D eigenvalue weighted by Gasteiger charge is 2.28. The maximum Gasteiger partial charge on any atom is 0.306 e. The van der Waals surface area contributed by atoms with E-state index in [1.165, 1.54) is 17.8 Å². The van der Waals surface area contributed by atoms with Crippen molar-refractivity contribution in [3.63, 3.8) is 0 Å². The molecule has 0 saturated heterocycles. The zero-order valence-corrected chi connectivity index (χ0v) is 15.1. The van der Waals surface area contributed by atoms with Crippen LogP contribution in [0.15, 0.2) is 17.5 Å². The number of thiophene rings is 1. The van der Waals surface area contributed by atoms with Crippen LogP contribution in [0, 0.1) is 11.8 Å². The van der Waals surface area contributed by atoms with Gasteiger partial charge in [-0.2, -0.15) is 0 Å². The molecule has 0 bridgehead atoms. The van der Waals surface area contributed by atoms with Crippen molar-refractivity contribution in [1.29, 1.82) is 0 Å². The van der Waals surface area contributed by atoms with Crippen molar-refractivity contribution < 1.29 is 19.1 Å². The first kappa shape index (κ1) is 18.6. The summed E-state index contributed by atoms with van der Waals surface area (Å²) in [5.41, 5.74) is 0. The predicted molar refractivity (Wildman–Crippen MR) is 93.0 cm³/mol. The van der Waals surface area contributed by atoms with E-state index in [2.05, 4.69) is 19.2 Å². The van der Waals surface area contributed by atoms with Crippen molar-refractivity contribution in [2.75, 3.05) is 6.61 Å². The third-order valence-corrected chi connectivity index (χ3v) is 5.68. The zero-order chi connectivity index (χ0) is 17.5. The Balaban J connectivity index is 1.66. The molecule has 0 aromatic carbocycles. The number of hydrogen-bond donors (Lipinski definition) is 1. The summed E-state index contributed by atoms with van der Waals surface area (Å²) < 4.78 is 4.98. The fourth-order valence-corrected chi connectivity index (χ4v) is 3.72. The van der Waals surface area contributed by atoms with Gasteiger partial charge in [0.15, 0.2) is 12.4 Å². The Morgan fingerprint density at radius 3 is 2.75 bits per heavy atom. The van der Waals surface area contributed by atoms with E-state index in [4.69, 9.17) is 4.74 Å². The van der Waals surface area contributed by atoms with Gasteiger partial charge < -0.3 is 10.1 Å². The van der Waals surface area contributed by atoms with Crippen molar-refractivity contribution in [1.82, 2.24) is 5.32 Å². The minimum Gasteiger partial charge on any atom is -0.456 e. The van der Waals surface area contributed by atoms with Crippen molar-refractivity contribution >= 4 is 29.0 Å². The van der Waals surface area contributed by atoms with E-state index in [9.17, 15) is 14.4 Å². The summed E-state index contributed by atoms with van der Waals surface area (Å²) in [6.07, 6.45) is 3.39. The molecule has 1 aromatic rings. The summed E-state index contributed by atoms with van der Waals surface area (Å²) in [7, 11) is 0. The number of ether oxygens (including phenoxy) is 1. The number of Topliss-reactive ketones (excluding diaryl/α,β-unsaturated/α-hetero) is 1. The Hall–Kier alpha value is -1.69. The smallest absolute Gasteiger partial charge is 0.306 e. The van der Waals surface area contributed by atoms with Gasteiger partial charge in [0, 0.05) is 12.5 Å². The van der Waals surface area contributed by atoms with E-state index in [0.717, 1.165) is 12.8 Å². The molecule has 0 spiro atoms. The molecule has 132 valence electrons. The summed E-state index contributed by atoms with van der Waals surface area (Å²) in [5, 5.41) is 4.78. The van der Waals surface area contributed by atoms with Crippen LogP contribution >= 0.6 is 11.3 Å². The van der Waals surface area contributed by atoms with Crippen molar-refractivity contribution in [2.45, 2.75) is 52.0 Å². The van der Waals surface area contributed by atoms with Crippen LogP contribution in [-0.2, 0) is 14.3 Å². The molecule has 1 aliphatic rings. The van der Waals surface area contributed by atoms with Gasteiger partial charge >= 0.3 is 5.97 Å². The number of ketones is 1. The minimum absolute atomic E-state index is 0.000872. The molecule has 1 N–H and O–H groups in total. The first-order chi connectivity index (χ1) is 11.5. The SMILES string of the molecule is C[C@@H]1[C@H](C)CCC[C@H]1NC(=O)COC(=O)CCC(=O)c1cccs1. The second kappa shape index (κ2) is 8.97. The molecule has 0 aliphatic heterocycles. The molecule has 24 heavy (non-hydrogen) atoms. The van der Waals surface area contributed by atoms with E-state index in [0.29, 0.717) is 16.7 Å². The summed E-state index contributed by atoms with van der Waals surface area (Å²) >= 11 is 1.35. The van der Waals surface area contributed by atoms with Crippen molar-refractivity contribution in [3.05, 3.63) is 22.4 Å². The molecule has 1 fully saturated rings. The predicted octanol–water partition coefficient (Wildman–Crippen LogP) is 3.20. The maximum absolute atomic E-state index is 11.9. The molecular formula is C18H25NO4S. The normalized spacial score (nSPS) is 23.5. The molecular weight excluding hydrogens is 326 g/mol. The summed E-state index contributed by atoms with van der Waals surface area (Å²) in [5.74, 6) is 0.173. The molecule has 3 atom stereocenters. The molecule has 1 heterocycles. The average molecular weight is 351 g/mol. The zero-order valence-electron chi connectivity index (χ0n) is 14.2. The molecule has 1 aromatic heterocycles. The van der Waals surface area contributed by atoms with Gasteiger partial charge in [0.2, 0.25) is 0 Å². The number of esters is 1. The van der Waals surface area contributed by atoms with Gasteiger partial charge in [-0.25, -0.2) is 0 Å². The van der Waals surface area contributed by atoms with Gasteiger partial charge in [0.25, 0.3) is 5.91 Å². The molecule has 1 amide bonds. The largest absolute Gasteiger partial charge is 0.456 e. The lowest BCUT2D eigenvalue weighted by Gasteiger charge is -2.34. The van der Waals surface area contributed by atoms with Gasteiger partial charge in [-0.15, -0.1) is 11.3 Å². The highest BCUT2D eigenvalue weighted by Crippen LogP contribution is 2.29. The fourth-order valence-electron chi connectivity index (χ4n) is 3.03. The minimum atomic E-state index is -0.514. The molecule has 6 heteroatoms. The van der Waals surface area contributed by atoms with Crippen LogP contribution in [0.3, 0.4) is 0 Å². The number of nitrogens with one attached hydrogen (secondary N) is 1. The lowest BCUT2D eigenvalue weighted by molar-refractivity contribution is -0.148. The Labute approximate surface area is 146 Å². The van der Waals surface area contributed by atoms with Gasteiger partial charge in [-0.3, -0.25) is 14.4 Å². The van der Waals surface area contributed by atoms with E-state index in [1.807, 2.05) is 5.38 Å². The van der Waals surface area contributed by atoms with Crippen LogP contribution in [0.4, 0.5) is 0 Å². The number of hydrogen-bond acceptors (Lipinski definition) is 5. The van der Waals surface area contributed by atoms with E-state index in [1.54, 1.807) is 12.1 Å². The monoisotopic (exact) mass is 351 g/mol. The number of rotatable bonds is 7. The van der Waals surface area contributed by atoms with Crippen LogP contribution in [0.25, 0.3) is 0 Å². The highest BCUT2D eigenvalue weighted by atomic mass is 32.1. The summed E-state index contributed by atoms with van der Waals surface area (Å²) in [4.78, 5) is 36.1. The average Bonchev–Trinajstić information content (AvgIpc) is 3.09. The van der Waals surface area contributed by atoms with Crippen LogP contribution in [-0.4, -0.2) is 30.3 Å². The summed E-state index contributed by atoms with van der Waals surface area (Å²) in [6, 6.07) is 3.69. The molecule has 0 unspecified atom stereocenters. The lowest BCUT2D eigenvalue weighted by atomic mass is 9.78. The van der Waals surface area contributed by atoms with Gasteiger partial charge in [-0.05, 0) is 29.7 Å². The fraction of sp³-hybridized carbons (Fsp3) is 0.611. The topological polar surface area (TPSA) is 72.5 Å². The van der Waals surface area contributed by atoms with Gasteiger partial charge in [0.05, 0.1) is 11.3 Å². The molecule has 0 radical (unpaired) electrons. The molecule has 5 nitrogen and oxygen atoms in total. The van der Waals surface area contributed by atoms with E-state index in [-0.39, 0.29) is 37.2 Å². The van der Waals surface area contributed by atoms with Crippen LogP contribution in [0.1, 0.15) is 55.6 Å². The van der Waals surface area contributed by atoms with Gasteiger partial charge in [0.1, 0.15) is 0 Å². The Morgan fingerprint density at radius 1 is 1.25 bits per heavy atom. The van der Waals surface area contributed by atoms with Crippen LogP contribution in [0.2, 0.25) is 0 Å². The second-order valence-corrected chi connectivity index (χ2v) is 7.45. The van der Waals surface area contributed by atoms with E-state index >= 15 is 0 Å². The third-order valence-electron chi connectivity index (χ3n) is 4.77. The van der Waals surface area contributed by atoms with Crippen LogP contribution in [0.5, 0.6) is 0 Å². The first-order valence-corrected chi connectivity index (χ1v) is 9.37. The molecule has 2 rings (SSSR count). The number of carbonyl (C=O) groups excluding carboxylic acids is 3. The highest BCUT2D eigenvalue weighted by molar-refractivity contribution is 7.12. The van der Waals surface area contributed by atoms with Crippen LogP contribution < -0.4 is 5.32 Å². The molecule has 1 saturated carbocycles. The van der Waals surface area contributed by atoms with Crippen molar-refractivity contribution in [2.24, 2.45) is 11.8 Å². The Morgan fingerprint density at radius 2 is 2.04 bits per heavy atom. The van der Waals surface area contributed by atoms with Gasteiger partial charge in [-0.1, -0.05) is 32.8 Å². The number of carbonyl (C=O) groups is 3. The third kappa shape index (κ3) is 5.44. The molecule has 1 aliphatic carbocycles. The lowest BCUT2D eigenvalue weighted by Crippen LogP contribution is -2.45. The Kier molecular flexibility index (Phi) is 6.97. The van der Waals surface area contributed by atoms with Crippen molar-refractivity contribution in [3.8, 4) is 0 Å². The first-order valence-electron chi connectivity index (χ1n) is 8.49. The standard InChI is InChI=1S/C18H25NO4S/c1-12-5-3-6-14(13(12)2)19-17(21)11-23-18(22)9-8-15(20)16-7-4-10-24-16/h4,7,10,12-14H,3,5-6,8-9,11H2,1-2H3,(H,19,21)/t12-,13-,14-/m1/s1. The number of amides is 1. The summed E-state index contributed by atoms with van der Waals surface area (Å²) in [6.45, 7) is 4.08. The second-order valence-electron chi connectivity index (χ2n) is 6.50. The van der Waals surface area contributed by atoms with E-state index < -0.39 is 5.97 Å².